The molecule has 0 fully saturated rings. The Balaban J connectivity index is 2.44. The van der Waals surface area contributed by atoms with Crippen LogP contribution in [0.5, 0.6) is 0 Å². The van der Waals surface area contributed by atoms with E-state index in [0.717, 1.165) is 23.1 Å². The molecule has 7 heteroatoms. The Kier molecular flexibility index (Phi) is 4.10. The molecular weight excluding hydrogens is 292 g/mol. The van der Waals surface area contributed by atoms with E-state index in [-0.39, 0.29) is 16.6 Å². The molecule has 2 aromatic rings. The molecule has 0 saturated carbocycles. The summed E-state index contributed by atoms with van der Waals surface area (Å²) >= 11 is 1.17. The lowest BCUT2D eigenvalue weighted by Gasteiger charge is -2.08. The van der Waals surface area contributed by atoms with E-state index in [1.807, 2.05) is 6.92 Å². The van der Waals surface area contributed by atoms with Gasteiger partial charge >= 0.3 is 6.18 Å². The summed E-state index contributed by atoms with van der Waals surface area (Å²) in [5, 5.41) is 3.23. The van der Waals surface area contributed by atoms with Crippen molar-refractivity contribution in [1.82, 2.24) is 10.3 Å². The van der Waals surface area contributed by atoms with Crippen LogP contribution in [0.25, 0.3) is 10.6 Å². The number of halogens is 4. The third kappa shape index (κ3) is 2.99. The van der Waals surface area contributed by atoms with Gasteiger partial charge in [0.15, 0.2) is 0 Å². The smallest absolute Gasteiger partial charge is 0.312 e. The summed E-state index contributed by atoms with van der Waals surface area (Å²) in [7, 11) is 1.76. The summed E-state index contributed by atoms with van der Waals surface area (Å²) in [6.07, 6.45) is -2.96. The van der Waals surface area contributed by atoms with Crippen molar-refractivity contribution in [2.24, 2.45) is 0 Å². The minimum absolute atomic E-state index is 0.00936. The van der Waals surface area contributed by atoms with Crippen LogP contribution in [0.4, 0.5) is 17.6 Å². The molecule has 0 aliphatic heterocycles. The summed E-state index contributed by atoms with van der Waals surface area (Å²) in [5.74, 6) is -0.712. The number of nitrogens with one attached hydrogen (secondary N) is 1. The summed E-state index contributed by atoms with van der Waals surface area (Å²) in [6, 6.07) is 2.35. The van der Waals surface area contributed by atoms with Gasteiger partial charge in [0.25, 0.3) is 0 Å². The zero-order valence-electron chi connectivity index (χ0n) is 10.8. The first-order chi connectivity index (χ1) is 9.32. The predicted octanol–water partition coefficient (Wildman–Crippen LogP) is 4.25. The number of benzene rings is 1. The molecule has 0 aliphatic rings. The van der Waals surface area contributed by atoms with E-state index in [1.54, 1.807) is 13.2 Å². The minimum atomic E-state index is -4.50. The van der Waals surface area contributed by atoms with E-state index in [1.165, 1.54) is 11.3 Å². The fraction of sp³-hybridized carbons (Fsp3) is 0.308. The van der Waals surface area contributed by atoms with Gasteiger partial charge in [-0.25, -0.2) is 9.37 Å². The minimum Gasteiger partial charge on any atom is -0.312 e. The van der Waals surface area contributed by atoms with E-state index < -0.39 is 17.6 Å². The van der Waals surface area contributed by atoms with E-state index in [4.69, 9.17) is 0 Å². The second kappa shape index (κ2) is 5.49. The van der Waals surface area contributed by atoms with Gasteiger partial charge in [-0.2, -0.15) is 13.2 Å². The Morgan fingerprint density at radius 3 is 2.60 bits per heavy atom. The Morgan fingerprint density at radius 1 is 1.30 bits per heavy atom. The molecule has 20 heavy (non-hydrogen) atoms. The SMILES string of the molecule is CNC(C)c1cnc(-c2cc(C(F)(F)F)ccc2F)s1. The van der Waals surface area contributed by atoms with Crippen LogP contribution in [0.2, 0.25) is 0 Å². The van der Waals surface area contributed by atoms with Crippen LogP contribution in [-0.2, 0) is 6.18 Å². The number of thiazole rings is 1. The number of aromatic nitrogens is 1. The highest BCUT2D eigenvalue weighted by Crippen LogP contribution is 2.35. The lowest BCUT2D eigenvalue weighted by Crippen LogP contribution is -2.10. The molecule has 108 valence electrons. The maximum absolute atomic E-state index is 13.7. The molecule has 0 radical (unpaired) electrons. The van der Waals surface area contributed by atoms with Crippen molar-refractivity contribution in [3.63, 3.8) is 0 Å². The lowest BCUT2D eigenvalue weighted by atomic mass is 10.1. The van der Waals surface area contributed by atoms with Crippen molar-refractivity contribution in [2.75, 3.05) is 7.05 Å². The zero-order chi connectivity index (χ0) is 14.9. The number of nitrogens with zero attached hydrogens (tertiary/aromatic N) is 1. The monoisotopic (exact) mass is 304 g/mol. The molecule has 1 atom stereocenters. The molecule has 0 amide bonds. The molecule has 0 bridgehead atoms. The van der Waals surface area contributed by atoms with Gasteiger partial charge in [0.1, 0.15) is 10.8 Å². The molecule has 0 aliphatic carbocycles. The van der Waals surface area contributed by atoms with Gasteiger partial charge in [-0.05, 0) is 32.2 Å². The van der Waals surface area contributed by atoms with Crippen molar-refractivity contribution in [2.45, 2.75) is 19.1 Å². The first-order valence-electron chi connectivity index (χ1n) is 5.83. The van der Waals surface area contributed by atoms with Gasteiger partial charge < -0.3 is 5.32 Å². The maximum Gasteiger partial charge on any atom is 0.416 e. The highest BCUT2D eigenvalue weighted by atomic mass is 32.1. The van der Waals surface area contributed by atoms with Gasteiger partial charge in [0.05, 0.1) is 5.56 Å². The summed E-state index contributed by atoms with van der Waals surface area (Å²) < 4.78 is 51.7. The normalized spacial score (nSPS) is 13.5. The molecule has 0 saturated heterocycles. The molecule has 2 nitrogen and oxygen atoms in total. The van der Waals surface area contributed by atoms with Gasteiger partial charge in [0, 0.05) is 22.7 Å². The number of hydrogen-bond acceptors (Lipinski definition) is 3. The largest absolute Gasteiger partial charge is 0.416 e. The third-order valence-electron chi connectivity index (χ3n) is 2.91. The van der Waals surface area contributed by atoms with Crippen molar-refractivity contribution < 1.29 is 17.6 Å². The Hall–Kier alpha value is -1.47. The van der Waals surface area contributed by atoms with Crippen LogP contribution >= 0.6 is 11.3 Å². The van der Waals surface area contributed by atoms with E-state index in [2.05, 4.69) is 10.3 Å². The molecule has 1 aromatic heterocycles. The maximum atomic E-state index is 13.7. The van der Waals surface area contributed by atoms with Crippen LogP contribution in [-0.4, -0.2) is 12.0 Å². The highest BCUT2D eigenvalue weighted by Gasteiger charge is 2.31. The van der Waals surface area contributed by atoms with Gasteiger partial charge in [-0.15, -0.1) is 11.3 Å². The summed E-state index contributed by atoms with van der Waals surface area (Å²) in [6.45, 7) is 1.89. The van der Waals surface area contributed by atoms with Crippen molar-refractivity contribution >= 4 is 11.3 Å². The molecule has 1 unspecified atom stereocenters. The number of hydrogen-bond donors (Lipinski definition) is 1. The van der Waals surface area contributed by atoms with Crippen molar-refractivity contribution in [3.8, 4) is 10.6 Å². The van der Waals surface area contributed by atoms with Gasteiger partial charge in [0.2, 0.25) is 0 Å². The van der Waals surface area contributed by atoms with E-state index in [0.29, 0.717) is 0 Å². The standard InChI is InChI=1S/C13H12F4N2S/c1-7(18-2)11-6-19-12(20-11)9-5-8(13(15,16)17)3-4-10(9)14/h3-7,18H,1-2H3. The third-order valence-corrected chi connectivity index (χ3v) is 4.12. The molecule has 1 aromatic carbocycles. The van der Waals surface area contributed by atoms with Crippen molar-refractivity contribution in [1.29, 1.82) is 0 Å². The summed E-state index contributed by atoms with van der Waals surface area (Å²) in [4.78, 5) is 4.84. The molecule has 2 rings (SSSR count). The van der Waals surface area contributed by atoms with Gasteiger partial charge in [-0.1, -0.05) is 0 Å². The first-order valence-corrected chi connectivity index (χ1v) is 6.64. The Bertz CT molecular complexity index is 607. The molecule has 1 N–H and O–H groups in total. The molecule has 0 spiro atoms. The lowest BCUT2D eigenvalue weighted by molar-refractivity contribution is -0.137. The zero-order valence-corrected chi connectivity index (χ0v) is 11.6. The number of alkyl halides is 3. The summed E-state index contributed by atoms with van der Waals surface area (Å²) in [5.41, 5.74) is -1.01. The quantitative estimate of drug-likeness (QED) is 0.858. The average molecular weight is 304 g/mol. The second-order valence-corrected chi connectivity index (χ2v) is 5.33. The Morgan fingerprint density at radius 2 is 2.00 bits per heavy atom. The Labute approximate surface area is 117 Å². The topological polar surface area (TPSA) is 24.9 Å². The fourth-order valence-corrected chi connectivity index (χ4v) is 2.61. The van der Waals surface area contributed by atoms with Crippen LogP contribution in [0.3, 0.4) is 0 Å². The molecule has 1 heterocycles. The highest BCUT2D eigenvalue weighted by molar-refractivity contribution is 7.15. The predicted molar refractivity (Wildman–Crippen MR) is 70.0 cm³/mol. The van der Waals surface area contributed by atoms with E-state index >= 15 is 0 Å². The van der Waals surface area contributed by atoms with Crippen LogP contribution < -0.4 is 5.32 Å². The molecular formula is C13H12F4N2S. The number of rotatable bonds is 3. The average Bonchev–Trinajstić information content (AvgIpc) is 2.86. The first kappa shape index (κ1) is 14.9. The fourth-order valence-electron chi connectivity index (χ4n) is 1.62. The van der Waals surface area contributed by atoms with Gasteiger partial charge in [-0.3, -0.25) is 0 Å². The van der Waals surface area contributed by atoms with Crippen LogP contribution in [0, 0.1) is 5.82 Å². The second-order valence-electron chi connectivity index (χ2n) is 4.27. The van der Waals surface area contributed by atoms with Crippen molar-refractivity contribution in [3.05, 3.63) is 40.7 Å². The van der Waals surface area contributed by atoms with Crippen LogP contribution in [0.1, 0.15) is 23.4 Å². The van der Waals surface area contributed by atoms with Crippen LogP contribution in [0.15, 0.2) is 24.4 Å². The van der Waals surface area contributed by atoms with E-state index in [9.17, 15) is 17.6 Å².